The molecule has 0 aliphatic carbocycles. The molecule has 1 fully saturated rings. The zero-order valence-electron chi connectivity index (χ0n) is 20.6. The molecule has 0 saturated carbocycles. The number of hydrogen-bond acceptors (Lipinski definition) is 5. The highest BCUT2D eigenvalue weighted by molar-refractivity contribution is 6.30. The van der Waals surface area contributed by atoms with Crippen LogP contribution in [0.15, 0.2) is 42.5 Å². The Labute approximate surface area is 219 Å². The molecule has 2 heterocycles. The number of fused-ring (bicyclic) bond motifs is 1. The Morgan fingerprint density at radius 3 is 2.62 bits per heavy atom. The molecule has 0 bridgehead atoms. The number of carbonyl (C=O) groups is 3. The summed E-state index contributed by atoms with van der Waals surface area (Å²) in [6, 6.07) is 11.6. The number of amides is 3. The number of hydrogen-bond donors (Lipinski definition) is 2. The molecular formula is C26H30ClFN6O3. The van der Waals surface area contributed by atoms with E-state index in [1.54, 1.807) is 36.4 Å². The topological polar surface area (TPSA) is 114 Å². The van der Waals surface area contributed by atoms with E-state index in [4.69, 9.17) is 17.3 Å². The maximum Gasteiger partial charge on any atom is 0.269 e. The Morgan fingerprint density at radius 1 is 1.16 bits per heavy atom. The van der Waals surface area contributed by atoms with Gasteiger partial charge in [0.1, 0.15) is 12.4 Å². The maximum atomic E-state index is 14.2. The average Bonchev–Trinajstić information content (AvgIpc) is 3.24. The van der Waals surface area contributed by atoms with Gasteiger partial charge in [0, 0.05) is 24.0 Å². The van der Waals surface area contributed by atoms with Gasteiger partial charge >= 0.3 is 0 Å². The van der Waals surface area contributed by atoms with Crippen LogP contribution in [0.3, 0.4) is 0 Å². The molecule has 1 aromatic heterocycles. The zero-order chi connectivity index (χ0) is 26.5. The molecule has 4 rings (SSSR count). The number of aromatic nitrogens is 2. The fraction of sp³-hybridized carbons (Fsp3) is 0.385. The molecule has 1 aliphatic heterocycles. The van der Waals surface area contributed by atoms with Gasteiger partial charge in [-0.1, -0.05) is 41.9 Å². The Bertz CT molecular complexity index is 1300. The molecule has 3 amide bonds. The first-order valence-corrected chi connectivity index (χ1v) is 12.5. The lowest BCUT2D eigenvalue weighted by molar-refractivity contribution is -0.137. The van der Waals surface area contributed by atoms with Crippen molar-refractivity contribution in [3.05, 3.63) is 64.6 Å². The van der Waals surface area contributed by atoms with Gasteiger partial charge in [-0.15, -0.1) is 0 Å². The van der Waals surface area contributed by atoms with Crippen molar-refractivity contribution >= 4 is 40.2 Å². The fourth-order valence-electron chi connectivity index (χ4n) is 4.58. The third-order valence-corrected chi connectivity index (χ3v) is 6.98. The van der Waals surface area contributed by atoms with Gasteiger partial charge in [-0.05, 0) is 51.0 Å². The van der Waals surface area contributed by atoms with Crippen molar-refractivity contribution in [3.8, 4) is 0 Å². The second kappa shape index (κ2) is 11.7. The van der Waals surface area contributed by atoms with Crippen molar-refractivity contribution < 1.29 is 18.8 Å². The quantitative estimate of drug-likeness (QED) is 0.443. The smallest absolute Gasteiger partial charge is 0.269 e. The van der Waals surface area contributed by atoms with E-state index in [0.717, 1.165) is 25.9 Å². The molecule has 11 heteroatoms. The van der Waals surface area contributed by atoms with Gasteiger partial charge in [0.05, 0.1) is 17.1 Å². The Kier molecular flexibility index (Phi) is 8.40. The van der Waals surface area contributed by atoms with E-state index in [1.807, 2.05) is 0 Å². The van der Waals surface area contributed by atoms with Crippen molar-refractivity contribution in [2.24, 2.45) is 11.7 Å². The number of carbonyl (C=O) groups excluding carboxylic acids is 3. The van der Waals surface area contributed by atoms with Crippen LogP contribution in [0.1, 0.15) is 28.9 Å². The highest BCUT2D eigenvalue weighted by Crippen LogP contribution is 2.21. The van der Waals surface area contributed by atoms with Crippen LogP contribution < -0.4 is 11.1 Å². The molecular weight excluding hydrogens is 499 g/mol. The van der Waals surface area contributed by atoms with Crippen molar-refractivity contribution in [2.75, 3.05) is 33.2 Å². The molecule has 0 radical (unpaired) electrons. The van der Waals surface area contributed by atoms with Gasteiger partial charge in [-0.25, -0.2) is 4.39 Å². The van der Waals surface area contributed by atoms with Crippen LogP contribution in [0.4, 0.5) is 4.39 Å². The molecule has 0 atom stereocenters. The summed E-state index contributed by atoms with van der Waals surface area (Å²) in [5, 5.41) is 7.50. The Balaban J connectivity index is 1.49. The van der Waals surface area contributed by atoms with Crippen molar-refractivity contribution in [3.63, 3.8) is 0 Å². The lowest BCUT2D eigenvalue weighted by Crippen LogP contribution is -2.45. The van der Waals surface area contributed by atoms with E-state index >= 15 is 0 Å². The Hall–Kier alpha value is -3.50. The fourth-order valence-corrected chi connectivity index (χ4v) is 4.77. The van der Waals surface area contributed by atoms with Gasteiger partial charge in [-0.3, -0.25) is 19.1 Å². The van der Waals surface area contributed by atoms with Crippen LogP contribution >= 0.6 is 11.6 Å². The monoisotopic (exact) mass is 528 g/mol. The van der Waals surface area contributed by atoms with E-state index in [9.17, 15) is 18.8 Å². The van der Waals surface area contributed by atoms with E-state index in [-0.39, 0.29) is 47.7 Å². The van der Waals surface area contributed by atoms with Crippen LogP contribution in [0.5, 0.6) is 0 Å². The average molecular weight is 529 g/mol. The molecule has 37 heavy (non-hydrogen) atoms. The maximum absolute atomic E-state index is 14.2. The number of likely N-dealkylation sites (tertiary alicyclic amines) is 1. The van der Waals surface area contributed by atoms with E-state index in [0.29, 0.717) is 17.4 Å². The second-order valence-electron chi connectivity index (χ2n) is 9.40. The molecule has 196 valence electrons. The minimum absolute atomic E-state index is 0.0207. The first-order valence-electron chi connectivity index (χ1n) is 12.1. The lowest BCUT2D eigenvalue weighted by atomic mass is 9.96. The number of nitrogens with zero attached hydrogens (tertiary/aromatic N) is 4. The summed E-state index contributed by atoms with van der Waals surface area (Å²) in [4.78, 5) is 41.9. The summed E-state index contributed by atoms with van der Waals surface area (Å²) in [5.41, 5.74) is 6.44. The number of nitrogens with one attached hydrogen (secondary N) is 1. The number of para-hydroxylation sites is 1. The van der Waals surface area contributed by atoms with E-state index < -0.39 is 17.6 Å². The molecule has 0 unspecified atom stereocenters. The zero-order valence-corrected chi connectivity index (χ0v) is 21.4. The van der Waals surface area contributed by atoms with Gasteiger partial charge in [-0.2, -0.15) is 5.10 Å². The number of nitrogens with two attached hydrogens (primary N) is 1. The number of rotatable bonds is 9. The van der Waals surface area contributed by atoms with Crippen molar-refractivity contribution in [1.29, 1.82) is 0 Å². The first kappa shape index (κ1) is 26.6. The normalized spacial score (nSPS) is 14.6. The molecule has 2 aromatic carbocycles. The predicted octanol–water partition coefficient (Wildman–Crippen LogP) is 2.41. The number of halogens is 2. The van der Waals surface area contributed by atoms with Crippen LogP contribution in [0.2, 0.25) is 5.02 Å². The summed E-state index contributed by atoms with van der Waals surface area (Å²) < 4.78 is 15.7. The standard InChI is InChI=1S/C26H30ClFN6O3/c1-32-11-9-17(10-12-32)14-33(15-22(35)30-13-18-5-4-7-20(27)24(18)28)23(36)16-34-21-8-3-2-6-19(21)25(31-34)26(29)37/h2-8,17H,9-16H2,1H3,(H2,29,37)(H,30,35). The summed E-state index contributed by atoms with van der Waals surface area (Å²) in [6.07, 6.45) is 1.82. The minimum atomic E-state index is -0.682. The number of primary amides is 1. The summed E-state index contributed by atoms with van der Waals surface area (Å²) in [6.45, 7) is 1.85. The third kappa shape index (κ3) is 6.44. The summed E-state index contributed by atoms with van der Waals surface area (Å²) >= 11 is 5.83. The molecule has 0 spiro atoms. The third-order valence-electron chi connectivity index (χ3n) is 6.69. The SMILES string of the molecule is CN1CCC(CN(CC(=O)NCc2cccc(Cl)c2F)C(=O)Cn2nc(C(N)=O)c3ccccc32)CC1. The lowest BCUT2D eigenvalue weighted by Gasteiger charge is -2.33. The van der Waals surface area contributed by atoms with Gasteiger partial charge in [0.15, 0.2) is 5.69 Å². The van der Waals surface area contributed by atoms with Crippen molar-refractivity contribution in [1.82, 2.24) is 24.9 Å². The van der Waals surface area contributed by atoms with Crippen LogP contribution in [0, 0.1) is 11.7 Å². The highest BCUT2D eigenvalue weighted by atomic mass is 35.5. The van der Waals surface area contributed by atoms with Crippen LogP contribution in [-0.4, -0.2) is 70.5 Å². The number of piperidine rings is 1. The van der Waals surface area contributed by atoms with Crippen LogP contribution in [0.25, 0.3) is 10.9 Å². The van der Waals surface area contributed by atoms with E-state index in [1.165, 1.54) is 15.6 Å². The van der Waals surface area contributed by atoms with Crippen LogP contribution in [-0.2, 0) is 22.7 Å². The van der Waals surface area contributed by atoms with Crippen molar-refractivity contribution in [2.45, 2.75) is 25.9 Å². The molecule has 9 nitrogen and oxygen atoms in total. The molecule has 3 N–H and O–H groups in total. The van der Waals surface area contributed by atoms with Gasteiger partial charge < -0.3 is 20.9 Å². The number of benzene rings is 2. The summed E-state index contributed by atoms with van der Waals surface area (Å²) in [5.74, 6) is -1.75. The largest absolute Gasteiger partial charge is 0.364 e. The highest BCUT2D eigenvalue weighted by Gasteiger charge is 2.26. The Morgan fingerprint density at radius 2 is 1.89 bits per heavy atom. The van der Waals surface area contributed by atoms with Gasteiger partial charge in [0.25, 0.3) is 5.91 Å². The summed E-state index contributed by atoms with van der Waals surface area (Å²) in [7, 11) is 2.06. The molecule has 1 aliphatic rings. The van der Waals surface area contributed by atoms with E-state index in [2.05, 4.69) is 22.4 Å². The predicted molar refractivity (Wildman–Crippen MR) is 138 cm³/mol. The minimum Gasteiger partial charge on any atom is -0.364 e. The second-order valence-corrected chi connectivity index (χ2v) is 9.81. The molecule has 3 aromatic rings. The molecule has 1 saturated heterocycles. The first-order chi connectivity index (χ1) is 17.7. The van der Waals surface area contributed by atoms with Gasteiger partial charge in [0.2, 0.25) is 11.8 Å².